The summed E-state index contributed by atoms with van der Waals surface area (Å²) in [5, 5.41) is 23.2. The average Bonchev–Trinajstić information content (AvgIpc) is 3.25. The molecule has 0 aromatic carbocycles. The van der Waals surface area contributed by atoms with Gasteiger partial charge in [0.1, 0.15) is 0 Å². The zero-order valence-electron chi connectivity index (χ0n) is 40.7. The molecule has 0 heterocycles. The highest BCUT2D eigenvalue weighted by molar-refractivity contribution is 5.76. The van der Waals surface area contributed by atoms with E-state index in [2.05, 4.69) is 19.2 Å². The predicted octanol–water partition coefficient (Wildman–Crippen LogP) is 16.4. The lowest BCUT2D eigenvalue weighted by Gasteiger charge is -2.22. The van der Waals surface area contributed by atoms with Gasteiger partial charge in [-0.05, 0) is 25.7 Å². The molecule has 0 radical (unpaired) electrons. The number of esters is 1. The minimum atomic E-state index is -0.661. The fourth-order valence-corrected chi connectivity index (χ4v) is 8.70. The molecule has 6 nitrogen and oxygen atoms in total. The van der Waals surface area contributed by atoms with Gasteiger partial charge in [-0.3, -0.25) is 9.59 Å². The van der Waals surface area contributed by atoms with Crippen LogP contribution in [0.4, 0.5) is 0 Å². The molecule has 358 valence electrons. The van der Waals surface area contributed by atoms with Crippen molar-refractivity contribution in [1.82, 2.24) is 5.32 Å². The molecule has 3 N–H and O–H groups in total. The Labute approximate surface area is 375 Å². The Morgan fingerprint density at radius 1 is 0.400 bits per heavy atom. The fraction of sp³-hybridized carbons (Fsp3) is 0.963. The molecule has 0 aromatic heterocycles. The Morgan fingerprint density at radius 3 is 1.02 bits per heavy atom. The molecule has 0 saturated carbocycles. The molecular weight excluding hydrogens is 743 g/mol. The fourth-order valence-electron chi connectivity index (χ4n) is 8.70. The van der Waals surface area contributed by atoms with E-state index in [1.54, 1.807) is 0 Å². The van der Waals surface area contributed by atoms with Crippen molar-refractivity contribution in [1.29, 1.82) is 0 Å². The number of aliphatic hydroxyl groups is 2. The number of carbonyl (C=O) groups excluding carboxylic acids is 2. The van der Waals surface area contributed by atoms with E-state index in [0.717, 1.165) is 38.5 Å². The predicted molar refractivity (Wildman–Crippen MR) is 260 cm³/mol. The number of hydrogen-bond donors (Lipinski definition) is 3. The quantitative estimate of drug-likeness (QED) is 0.0418. The molecule has 60 heavy (non-hydrogen) atoms. The third-order valence-electron chi connectivity index (χ3n) is 12.9. The summed E-state index contributed by atoms with van der Waals surface area (Å²) >= 11 is 0. The van der Waals surface area contributed by atoms with Crippen molar-refractivity contribution in [2.75, 3.05) is 13.2 Å². The van der Waals surface area contributed by atoms with E-state index in [1.807, 2.05) is 0 Å². The van der Waals surface area contributed by atoms with E-state index in [1.165, 1.54) is 238 Å². The lowest BCUT2D eigenvalue weighted by atomic mass is 10.0. The van der Waals surface area contributed by atoms with Crippen LogP contribution in [0.1, 0.15) is 309 Å². The topological polar surface area (TPSA) is 95.9 Å². The van der Waals surface area contributed by atoms with Crippen molar-refractivity contribution in [2.24, 2.45) is 0 Å². The first-order valence-electron chi connectivity index (χ1n) is 27.3. The zero-order chi connectivity index (χ0) is 43.7. The second-order valence-corrected chi connectivity index (χ2v) is 18.9. The monoisotopic (exact) mass is 850 g/mol. The summed E-state index contributed by atoms with van der Waals surface area (Å²) in [6, 6.07) is -0.539. The second-order valence-electron chi connectivity index (χ2n) is 18.9. The van der Waals surface area contributed by atoms with Gasteiger partial charge in [-0.25, -0.2) is 0 Å². The minimum absolute atomic E-state index is 0.0121. The van der Waals surface area contributed by atoms with Crippen LogP contribution >= 0.6 is 0 Å². The number of rotatable bonds is 51. The first-order valence-corrected chi connectivity index (χ1v) is 27.3. The molecule has 0 rings (SSSR count). The summed E-state index contributed by atoms with van der Waals surface area (Å²) in [4.78, 5) is 24.4. The van der Waals surface area contributed by atoms with Crippen LogP contribution in [0.3, 0.4) is 0 Å². The molecule has 0 aliphatic carbocycles. The molecule has 0 spiro atoms. The summed E-state index contributed by atoms with van der Waals surface area (Å²) in [6.45, 7) is 4.95. The highest BCUT2D eigenvalue weighted by Gasteiger charge is 2.20. The maximum absolute atomic E-state index is 12.4. The third kappa shape index (κ3) is 46.4. The Balaban J connectivity index is 3.36. The minimum Gasteiger partial charge on any atom is -0.466 e. The first-order chi connectivity index (χ1) is 29.5. The summed E-state index contributed by atoms with van der Waals surface area (Å²) < 4.78 is 5.46. The Bertz CT molecular complexity index is 852. The van der Waals surface area contributed by atoms with Gasteiger partial charge in [-0.2, -0.15) is 0 Å². The van der Waals surface area contributed by atoms with Gasteiger partial charge < -0.3 is 20.3 Å². The molecule has 2 atom stereocenters. The van der Waals surface area contributed by atoms with Crippen LogP contribution in [0.15, 0.2) is 0 Å². The van der Waals surface area contributed by atoms with E-state index in [0.29, 0.717) is 25.9 Å². The van der Waals surface area contributed by atoms with E-state index in [4.69, 9.17) is 4.74 Å². The normalized spacial score (nSPS) is 12.5. The van der Waals surface area contributed by atoms with Gasteiger partial charge in [0.15, 0.2) is 0 Å². The van der Waals surface area contributed by atoms with E-state index >= 15 is 0 Å². The van der Waals surface area contributed by atoms with Gasteiger partial charge in [0.25, 0.3) is 0 Å². The Kier molecular flexibility index (Phi) is 49.5. The van der Waals surface area contributed by atoms with Crippen LogP contribution in [-0.4, -0.2) is 47.4 Å². The van der Waals surface area contributed by atoms with E-state index < -0.39 is 12.1 Å². The van der Waals surface area contributed by atoms with Crippen molar-refractivity contribution in [2.45, 2.75) is 321 Å². The maximum atomic E-state index is 12.4. The van der Waals surface area contributed by atoms with Crippen molar-refractivity contribution < 1.29 is 24.5 Å². The van der Waals surface area contributed by atoms with Gasteiger partial charge in [-0.15, -0.1) is 0 Å². The summed E-state index contributed by atoms with van der Waals surface area (Å²) in [5.41, 5.74) is 0. The first kappa shape index (κ1) is 58.9. The van der Waals surface area contributed by atoms with Gasteiger partial charge >= 0.3 is 5.97 Å². The molecule has 0 fully saturated rings. The zero-order valence-corrected chi connectivity index (χ0v) is 40.7. The molecule has 6 heteroatoms. The molecule has 0 aromatic rings. The molecule has 0 aliphatic heterocycles. The molecule has 0 aliphatic rings. The van der Waals surface area contributed by atoms with Crippen LogP contribution in [-0.2, 0) is 14.3 Å². The van der Waals surface area contributed by atoms with Gasteiger partial charge in [0.2, 0.25) is 5.91 Å². The number of ether oxygens (including phenoxy) is 1. The number of carbonyl (C=O) groups is 2. The summed E-state index contributed by atoms with van der Waals surface area (Å²) in [6.07, 6.45) is 56.6. The third-order valence-corrected chi connectivity index (χ3v) is 12.9. The maximum Gasteiger partial charge on any atom is 0.305 e. The van der Waals surface area contributed by atoms with Crippen LogP contribution in [0.2, 0.25) is 0 Å². The molecule has 0 saturated heterocycles. The van der Waals surface area contributed by atoms with E-state index in [-0.39, 0.29) is 18.5 Å². The SMILES string of the molecule is CCCCCCCCCCCCCC(=O)OCCCCCCCCCCCCCCCCCCCCCCCC(=O)NC(CO)C(O)CCCCCCCCCCCCC. The summed E-state index contributed by atoms with van der Waals surface area (Å²) in [7, 11) is 0. The Hall–Kier alpha value is -1.14. The lowest BCUT2D eigenvalue weighted by molar-refractivity contribution is -0.143. The number of nitrogens with one attached hydrogen (secondary N) is 1. The lowest BCUT2D eigenvalue weighted by Crippen LogP contribution is -2.45. The van der Waals surface area contributed by atoms with Crippen LogP contribution in [0.25, 0.3) is 0 Å². The largest absolute Gasteiger partial charge is 0.466 e. The number of hydrogen-bond acceptors (Lipinski definition) is 5. The number of unbranched alkanes of at least 4 members (excludes halogenated alkanes) is 40. The van der Waals surface area contributed by atoms with Gasteiger partial charge in [0.05, 0.1) is 25.4 Å². The van der Waals surface area contributed by atoms with Crippen LogP contribution in [0.5, 0.6) is 0 Å². The molecule has 2 unspecified atom stereocenters. The number of aliphatic hydroxyl groups excluding tert-OH is 2. The molecule has 1 amide bonds. The van der Waals surface area contributed by atoms with Crippen molar-refractivity contribution >= 4 is 11.9 Å². The van der Waals surface area contributed by atoms with Crippen molar-refractivity contribution in [3.05, 3.63) is 0 Å². The highest BCUT2D eigenvalue weighted by Crippen LogP contribution is 2.17. The summed E-state index contributed by atoms with van der Waals surface area (Å²) in [5.74, 6) is -0.0235. The molecular formula is C54H107NO5. The van der Waals surface area contributed by atoms with Crippen LogP contribution in [0, 0.1) is 0 Å². The van der Waals surface area contributed by atoms with Gasteiger partial charge in [-0.1, -0.05) is 271 Å². The second kappa shape index (κ2) is 50.5. The Morgan fingerprint density at radius 2 is 0.683 bits per heavy atom. The number of amides is 1. The van der Waals surface area contributed by atoms with Gasteiger partial charge in [0, 0.05) is 12.8 Å². The average molecular weight is 850 g/mol. The molecule has 0 bridgehead atoms. The van der Waals surface area contributed by atoms with Crippen molar-refractivity contribution in [3.63, 3.8) is 0 Å². The van der Waals surface area contributed by atoms with Crippen molar-refractivity contribution in [3.8, 4) is 0 Å². The van der Waals surface area contributed by atoms with Crippen LogP contribution < -0.4 is 5.32 Å². The van der Waals surface area contributed by atoms with E-state index in [9.17, 15) is 19.8 Å². The highest BCUT2D eigenvalue weighted by atomic mass is 16.5. The smallest absolute Gasteiger partial charge is 0.305 e. The standard InChI is InChI=1S/C54H107NO5/c1-3-5-7-9-11-13-26-30-34-38-42-46-52(57)51(50-56)55-53(58)47-43-39-35-31-28-24-22-20-18-16-15-17-19-21-23-25-29-33-37-41-45-49-60-54(59)48-44-40-36-32-27-14-12-10-8-6-4-2/h51-52,56-57H,3-50H2,1-2H3,(H,55,58).